The number of cyclic esters (lactones) is 1. The fourth-order valence-electron chi connectivity index (χ4n) is 1.25. The molecule has 1 rings (SSSR count). The zero-order chi connectivity index (χ0) is 9.68. The molecule has 0 fully saturated rings. The van der Waals surface area contributed by atoms with Gasteiger partial charge < -0.3 is 4.74 Å². The van der Waals surface area contributed by atoms with E-state index in [4.69, 9.17) is 4.74 Å². The third-order valence-electron chi connectivity index (χ3n) is 1.96. The molecule has 1 aliphatic rings. The largest absolute Gasteiger partial charge is 0.455 e. The third kappa shape index (κ3) is 3.05. The standard InChI is InChI=1S/C11H16O2/c1-3-4-5-6-7-10-8-9(2)13-11(10)12/h6-9H,3-5H2,1-2H3/b7-6+. The minimum Gasteiger partial charge on any atom is -0.455 e. The maximum absolute atomic E-state index is 11.1. The van der Waals surface area contributed by atoms with Gasteiger partial charge in [0.05, 0.1) is 5.57 Å². The van der Waals surface area contributed by atoms with Gasteiger partial charge in [0.1, 0.15) is 6.10 Å². The molecule has 0 N–H and O–H groups in total. The fraction of sp³-hybridized carbons (Fsp3) is 0.545. The molecule has 0 aromatic heterocycles. The van der Waals surface area contributed by atoms with E-state index in [0.717, 1.165) is 6.42 Å². The molecule has 1 heterocycles. The topological polar surface area (TPSA) is 26.3 Å². The molecule has 0 aromatic rings. The van der Waals surface area contributed by atoms with E-state index in [1.54, 1.807) is 0 Å². The van der Waals surface area contributed by atoms with Crippen LogP contribution in [0.15, 0.2) is 23.8 Å². The van der Waals surface area contributed by atoms with Gasteiger partial charge in [-0.1, -0.05) is 31.9 Å². The van der Waals surface area contributed by atoms with Gasteiger partial charge in [0.15, 0.2) is 0 Å². The van der Waals surface area contributed by atoms with E-state index in [1.807, 2.05) is 25.2 Å². The van der Waals surface area contributed by atoms with Crippen LogP contribution in [0.3, 0.4) is 0 Å². The molecule has 0 saturated carbocycles. The lowest BCUT2D eigenvalue weighted by Gasteiger charge is -1.96. The molecule has 0 spiro atoms. The summed E-state index contributed by atoms with van der Waals surface area (Å²) in [6.45, 7) is 4.02. The Bertz CT molecular complexity index is 238. The first-order valence-corrected chi connectivity index (χ1v) is 4.83. The summed E-state index contributed by atoms with van der Waals surface area (Å²) in [6, 6.07) is 0. The van der Waals surface area contributed by atoms with Gasteiger partial charge in [0, 0.05) is 0 Å². The molecule has 0 radical (unpaired) electrons. The van der Waals surface area contributed by atoms with E-state index in [9.17, 15) is 4.79 Å². The molecule has 72 valence electrons. The highest BCUT2D eigenvalue weighted by molar-refractivity contribution is 5.93. The molecule has 0 amide bonds. The number of carbonyl (C=O) groups is 1. The molecule has 0 bridgehead atoms. The van der Waals surface area contributed by atoms with Crippen LogP contribution in [-0.4, -0.2) is 12.1 Å². The van der Waals surface area contributed by atoms with Gasteiger partial charge in [-0.3, -0.25) is 0 Å². The summed E-state index contributed by atoms with van der Waals surface area (Å²) in [4.78, 5) is 11.1. The first-order valence-electron chi connectivity index (χ1n) is 4.83. The van der Waals surface area contributed by atoms with Crippen molar-refractivity contribution < 1.29 is 9.53 Å². The van der Waals surface area contributed by atoms with E-state index in [-0.39, 0.29) is 12.1 Å². The Balaban J connectivity index is 2.40. The van der Waals surface area contributed by atoms with Crippen molar-refractivity contribution in [1.82, 2.24) is 0 Å². The van der Waals surface area contributed by atoms with Crippen LogP contribution in [0.2, 0.25) is 0 Å². The Morgan fingerprint density at radius 2 is 2.38 bits per heavy atom. The van der Waals surface area contributed by atoms with Gasteiger partial charge >= 0.3 is 5.97 Å². The average Bonchev–Trinajstić information content (AvgIpc) is 2.39. The maximum Gasteiger partial charge on any atom is 0.338 e. The predicted molar refractivity (Wildman–Crippen MR) is 52.3 cm³/mol. The minimum absolute atomic E-state index is 0.0571. The molecular weight excluding hydrogens is 164 g/mol. The van der Waals surface area contributed by atoms with E-state index in [1.165, 1.54) is 12.8 Å². The number of rotatable bonds is 4. The molecule has 1 aliphatic heterocycles. The van der Waals surface area contributed by atoms with Crippen molar-refractivity contribution in [3.63, 3.8) is 0 Å². The van der Waals surface area contributed by atoms with E-state index >= 15 is 0 Å². The van der Waals surface area contributed by atoms with E-state index < -0.39 is 0 Å². The number of unbranched alkanes of at least 4 members (excludes halogenated alkanes) is 2. The van der Waals surface area contributed by atoms with Gasteiger partial charge in [-0.05, 0) is 19.4 Å². The zero-order valence-corrected chi connectivity index (χ0v) is 8.25. The normalized spacial score (nSPS) is 22.2. The van der Waals surface area contributed by atoms with Crippen LogP contribution in [0, 0.1) is 0 Å². The van der Waals surface area contributed by atoms with Crippen LogP contribution in [-0.2, 0) is 9.53 Å². The number of hydrogen-bond acceptors (Lipinski definition) is 2. The summed E-state index contributed by atoms with van der Waals surface area (Å²) in [5, 5.41) is 0. The highest BCUT2D eigenvalue weighted by atomic mass is 16.5. The maximum atomic E-state index is 11.1. The zero-order valence-electron chi connectivity index (χ0n) is 8.25. The van der Waals surface area contributed by atoms with Gasteiger partial charge in [-0.2, -0.15) is 0 Å². The number of allylic oxidation sites excluding steroid dienone is 1. The second-order valence-electron chi connectivity index (χ2n) is 3.28. The molecule has 1 atom stereocenters. The van der Waals surface area contributed by atoms with Crippen molar-refractivity contribution >= 4 is 5.97 Å². The summed E-state index contributed by atoms with van der Waals surface area (Å²) >= 11 is 0. The fourth-order valence-corrected chi connectivity index (χ4v) is 1.25. The molecule has 2 nitrogen and oxygen atoms in total. The van der Waals surface area contributed by atoms with Crippen molar-refractivity contribution in [3.8, 4) is 0 Å². The second-order valence-corrected chi connectivity index (χ2v) is 3.28. The van der Waals surface area contributed by atoms with Crippen molar-refractivity contribution in [2.24, 2.45) is 0 Å². The van der Waals surface area contributed by atoms with Crippen molar-refractivity contribution in [1.29, 1.82) is 0 Å². The monoisotopic (exact) mass is 180 g/mol. The van der Waals surface area contributed by atoms with E-state index in [0.29, 0.717) is 5.57 Å². The Kier molecular flexibility index (Phi) is 3.74. The van der Waals surface area contributed by atoms with Gasteiger partial charge in [-0.25, -0.2) is 4.79 Å². The summed E-state index contributed by atoms with van der Waals surface area (Å²) < 4.78 is 4.95. The Labute approximate surface area is 79.3 Å². The Hall–Kier alpha value is -1.05. The van der Waals surface area contributed by atoms with Crippen molar-refractivity contribution in [2.75, 3.05) is 0 Å². The van der Waals surface area contributed by atoms with Crippen LogP contribution in [0.5, 0.6) is 0 Å². The number of hydrogen-bond donors (Lipinski definition) is 0. The molecule has 0 saturated heterocycles. The van der Waals surface area contributed by atoms with Crippen LogP contribution in [0.4, 0.5) is 0 Å². The predicted octanol–water partition coefficient (Wildman–Crippen LogP) is 2.60. The second kappa shape index (κ2) is 4.85. The molecular formula is C11H16O2. The molecule has 0 aliphatic carbocycles. The summed E-state index contributed by atoms with van der Waals surface area (Å²) in [5.41, 5.74) is 0.698. The number of esters is 1. The summed E-state index contributed by atoms with van der Waals surface area (Å²) in [7, 11) is 0. The molecule has 0 aromatic carbocycles. The van der Waals surface area contributed by atoms with Crippen LogP contribution >= 0.6 is 0 Å². The highest BCUT2D eigenvalue weighted by Gasteiger charge is 2.19. The van der Waals surface area contributed by atoms with Gasteiger partial charge in [0.2, 0.25) is 0 Å². The Morgan fingerprint density at radius 1 is 1.62 bits per heavy atom. The lowest BCUT2D eigenvalue weighted by atomic mass is 10.2. The lowest BCUT2D eigenvalue weighted by Crippen LogP contribution is -2.02. The van der Waals surface area contributed by atoms with Crippen LogP contribution < -0.4 is 0 Å². The first-order chi connectivity index (χ1) is 6.24. The summed E-state index contributed by atoms with van der Waals surface area (Å²) in [5.74, 6) is -0.194. The van der Waals surface area contributed by atoms with Crippen LogP contribution in [0.25, 0.3) is 0 Å². The van der Waals surface area contributed by atoms with E-state index in [2.05, 4.69) is 6.92 Å². The smallest absolute Gasteiger partial charge is 0.338 e. The van der Waals surface area contributed by atoms with Crippen molar-refractivity contribution in [3.05, 3.63) is 23.8 Å². The van der Waals surface area contributed by atoms with Gasteiger partial charge in [-0.15, -0.1) is 0 Å². The third-order valence-corrected chi connectivity index (χ3v) is 1.96. The quantitative estimate of drug-likeness (QED) is 0.491. The average molecular weight is 180 g/mol. The number of ether oxygens (including phenoxy) is 1. The lowest BCUT2D eigenvalue weighted by molar-refractivity contribution is -0.138. The summed E-state index contributed by atoms with van der Waals surface area (Å²) in [6.07, 6.45) is 9.09. The number of carbonyl (C=O) groups excluding carboxylic acids is 1. The highest BCUT2D eigenvalue weighted by Crippen LogP contribution is 2.14. The Morgan fingerprint density at radius 3 is 2.92 bits per heavy atom. The molecule has 2 heteroatoms. The first kappa shape index (κ1) is 10.0. The SMILES string of the molecule is CCCC/C=C/C1=CC(C)OC1=O. The van der Waals surface area contributed by atoms with Crippen molar-refractivity contribution in [2.45, 2.75) is 39.2 Å². The molecule has 1 unspecified atom stereocenters. The molecule has 13 heavy (non-hydrogen) atoms. The van der Waals surface area contributed by atoms with Gasteiger partial charge in [0.25, 0.3) is 0 Å². The minimum atomic E-state index is -0.194. The van der Waals surface area contributed by atoms with Crippen LogP contribution in [0.1, 0.15) is 33.1 Å².